The summed E-state index contributed by atoms with van der Waals surface area (Å²) in [6.07, 6.45) is 5.43. The smallest absolute Gasteiger partial charge is 0.343 e. The van der Waals surface area contributed by atoms with Gasteiger partial charge in [0.15, 0.2) is 0 Å². The molecule has 1 saturated heterocycles. The summed E-state index contributed by atoms with van der Waals surface area (Å²) >= 11 is 0. The van der Waals surface area contributed by atoms with Crippen LogP contribution < -0.4 is 14.4 Å². The van der Waals surface area contributed by atoms with Crippen LogP contribution in [0, 0.1) is 35.5 Å². The van der Waals surface area contributed by atoms with E-state index in [0.29, 0.717) is 35.6 Å². The maximum absolute atomic E-state index is 13.4. The fraction of sp³-hybridized carbons (Fsp3) is 0.258. The van der Waals surface area contributed by atoms with Crippen LogP contribution in [0.25, 0.3) is 0 Å². The predicted octanol–water partition coefficient (Wildman–Crippen LogP) is 5.04. The Balaban J connectivity index is 1.04. The number of carbonyl (C=O) groups excluding carboxylic acids is 3. The number of benzene rings is 3. The molecule has 0 spiro atoms. The summed E-state index contributed by atoms with van der Waals surface area (Å²) in [6.45, 7) is 0.446. The lowest BCUT2D eigenvalue weighted by atomic mass is 9.63. The Morgan fingerprint density at radius 3 is 2.11 bits per heavy atom. The molecule has 2 amide bonds. The standard InChI is InChI=1S/C31H25NO5/c33-29-27-23-13-14-24(26-16-25(23)26)28(27)30(34)32(29)20-8-4-7-19(15-20)31(35)37-22-11-9-21(10-12-22)36-17-18-5-2-1-3-6-18/h1-15,23-28H,16-17H2/t23-,24-,25-,26+,27-,28+/m0/s1. The molecule has 6 nitrogen and oxygen atoms in total. The Kier molecular flexibility index (Phi) is 5.03. The second kappa shape index (κ2) is 8.44. The van der Waals surface area contributed by atoms with Gasteiger partial charge in [-0.3, -0.25) is 9.59 Å². The van der Waals surface area contributed by atoms with E-state index >= 15 is 0 Å². The molecule has 1 heterocycles. The minimum atomic E-state index is -0.556. The Bertz CT molecular complexity index is 1390. The van der Waals surface area contributed by atoms with E-state index in [9.17, 15) is 14.4 Å². The number of allylic oxidation sites excluding steroid dienone is 2. The van der Waals surface area contributed by atoms with Crippen molar-refractivity contribution in [3.8, 4) is 11.5 Å². The largest absolute Gasteiger partial charge is 0.489 e. The van der Waals surface area contributed by atoms with Gasteiger partial charge >= 0.3 is 5.97 Å². The molecule has 6 atom stereocenters. The van der Waals surface area contributed by atoms with Crippen molar-refractivity contribution >= 4 is 23.5 Å². The van der Waals surface area contributed by atoms with E-state index in [1.165, 1.54) is 4.90 Å². The minimum Gasteiger partial charge on any atom is -0.489 e. The first-order valence-corrected chi connectivity index (χ1v) is 12.7. The normalized spacial score (nSPS) is 28.6. The van der Waals surface area contributed by atoms with Crippen LogP contribution in [0.5, 0.6) is 11.5 Å². The first kappa shape index (κ1) is 22.0. The molecule has 2 bridgehead atoms. The summed E-state index contributed by atoms with van der Waals surface area (Å²) in [5.74, 6) is 1.07. The monoisotopic (exact) mass is 491 g/mol. The summed E-state index contributed by atoms with van der Waals surface area (Å²) in [7, 11) is 0. The SMILES string of the molecule is O=C(Oc1ccc(OCc2ccccc2)cc1)c1cccc(N2C(=O)[C@@H]3[C@H]4C=C[C@@H]([C@@H]5C[C@H]45)[C@@H]3C2=O)c1. The molecular weight excluding hydrogens is 466 g/mol. The summed E-state index contributed by atoms with van der Waals surface area (Å²) in [4.78, 5) is 41.0. The second-order valence-corrected chi connectivity index (χ2v) is 10.4. The number of carbonyl (C=O) groups is 3. The Labute approximate surface area is 214 Å². The van der Waals surface area contributed by atoms with Crippen LogP contribution in [0.2, 0.25) is 0 Å². The van der Waals surface area contributed by atoms with Gasteiger partial charge in [-0.05, 0) is 78.1 Å². The maximum Gasteiger partial charge on any atom is 0.343 e. The average Bonchev–Trinajstić information content (AvgIpc) is 3.71. The van der Waals surface area contributed by atoms with Crippen molar-refractivity contribution in [2.45, 2.75) is 13.0 Å². The number of esters is 1. The highest BCUT2D eigenvalue weighted by Gasteiger charge is 2.67. The van der Waals surface area contributed by atoms with Crippen molar-refractivity contribution in [3.63, 3.8) is 0 Å². The van der Waals surface area contributed by atoms with Gasteiger partial charge in [0.25, 0.3) is 0 Å². The molecule has 3 aromatic rings. The average molecular weight is 492 g/mol. The molecule has 0 N–H and O–H groups in total. The van der Waals surface area contributed by atoms with Gasteiger partial charge in [-0.1, -0.05) is 48.6 Å². The van der Waals surface area contributed by atoms with Crippen LogP contribution >= 0.6 is 0 Å². The zero-order valence-corrected chi connectivity index (χ0v) is 20.0. The topological polar surface area (TPSA) is 72.9 Å². The molecule has 1 aliphatic heterocycles. The third-order valence-corrected chi connectivity index (χ3v) is 8.29. The van der Waals surface area contributed by atoms with Crippen LogP contribution in [0.1, 0.15) is 22.3 Å². The molecule has 2 saturated carbocycles. The number of hydrogen-bond donors (Lipinski definition) is 0. The number of hydrogen-bond acceptors (Lipinski definition) is 5. The van der Waals surface area contributed by atoms with Crippen LogP contribution in [0.3, 0.4) is 0 Å². The van der Waals surface area contributed by atoms with Gasteiger partial charge in [0.1, 0.15) is 18.1 Å². The molecule has 37 heavy (non-hydrogen) atoms. The van der Waals surface area contributed by atoms with E-state index in [0.717, 1.165) is 12.0 Å². The molecular formula is C31H25NO5. The van der Waals surface area contributed by atoms with Gasteiger partial charge in [0.2, 0.25) is 11.8 Å². The van der Waals surface area contributed by atoms with E-state index < -0.39 is 5.97 Å². The molecule has 3 fully saturated rings. The molecule has 4 aliphatic carbocycles. The number of imide groups is 1. The van der Waals surface area contributed by atoms with E-state index in [2.05, 4.69) is 12.2 Å². The molecule has 0 unspecified atom stereocenters. The third-order valence-electron chi connectivity index (χ3n) is 8.29. The van der Waals surface area contributed by atoms with Crippen molar-refractivity contribution in [1.82, 2.24) is 0 Å². The van der Waals surface area contributed by atoms with E-state index in [4.69, 9.17) is 9.47 Å². The lowest BCUT2D eigenvalue weighted by Crippen LogP contribution is -2.40. The number of amides is 2. The van der Waals surface area contributed by atoms with Crippen molar-refractivity contribution in [2.75, 3.05) is 4.90 Å². The highest BCUT2D eigenvalue weighted by atomic mass is 16.5. The van der Waals surface area contributed by atoms with Gasteiger partial charge in [-0.25, -0.2) is 9.69 Å². The minimum absolute atomic E-state index is 0.142. The van der Waals surface area contributed by atoms with E-state index in [1.807, 2.05) is 30.3 Å². The van der Waals surface area contributed by atoms with Gasteiger partial charge in [-0.2, -0.15) is 0 Å². The first-order chi connectivity index (χ1) is 18.1. The molecule has 0 aromatic heterocycles. The Morgan fingerprint density at radius 1 is 0.784 bits per heavy atom. The third kappa shape index (κ3) is 3.67. The lowest BCUT2D eigenvalue weighted by Gasteiger charge is -2.37. The van der Waals surface area contributed by atoms with Gasteiger partial charge in [0.05, 0.1) is 23.1 Å². The van der Waals surface area contributed by atoms with Crippen molar-refractivity contribution in [2.24, 2.45) is 35.5 Å². The summed E-state index contributed by atoms with van der Waals surface area (Å²) in [6, 6.07) is 23.3. The molecule has 0 radical (unpaired) electrons. The lowest BCUT2D eigenvalue weighted by molar-refractivity contribution is -0.124. The van der Waals surface area contributed by atoms with Gasteiger partial charge < -0.3 is 9.47 Å². The van der Waals surface area contributed by atoms with Gasteiger partial charge in [0, 0.05) is 0 Å². The number of anilines is 1. The van der Waals surface area contributed by atoms with Gasteiger partial charge in [-0.15, -0.1) is 0 Å². The van der Waals surface area contributed by atoms with Crippen LogP contribution in [-0.4, -0.2) is 17.8 Å². The maximum atomic E-state index is 13.4. The molecule has 3 aromatic carbocycles. The quantitative estimate of drug-likeness (QED) is 0.209. The number of ether oxygens (including phenoxy) is 2. The molecule has 8 rings (SSSR count). The van der Waals surface area contributed by atoms with Crippen molar-refractivity contribution in [3.05, 3.63) is 102 Å². The Morgan fingerprint density at radius 2 is 1.43 bits per heavy atom. The van der Waals surface area contributed by atoms with Crippen molar-refractivity contribution in [1.29, 1.82) is 0 Å². The highest BCUT2D eigenvalue weighted by Crippen LogP contribution is 2.65. The number of nitrogens with zero attached hydrogens (tertiary/aromatic N) is 1. The molecule has 5 aliphatic rings. The molecule has 184 valence electrons. The zero-order valence-electron chi connectivity index (χ0n) is 20.0. The Hall–Kier alpha value is -4.19. The van der Waals surface area contributed by atoms with E-state index in [1.54, 1.807) is 48.5 Å². The fourth-order valence-electron chi connectivity index (χ4n) is 6.49. The summed E-state index contributed by atoms with van der Waals surface area (Å²) in [5.41, 5.74) is 1.77. The predicted molar refractivity (Wildman–Crippen MR) is 136 cm³/mol. The van der Waals surface area contributed by atoms with Crippen LogP contribution in [-0.2, 0) is 16.2 Å². The van der Waals surface area contributed by atoms with E-state index in [-0.39, 0.29) is 41.0 Å². The second-order valence-electron chi connectivity index (χ2n) is 10.4. The summed E-state index contributed by atoms with van der Waals surface area (Å²) in [5, 5.41) is 0. The summed E-state index contributed by atoms with van der Waals surface area (Å²) < 4.78 is 11.3. The first-order valence-electron chi connectivity index (χ1n) is 12.7. The zero-order chi connectivity index (χ0) is 25.1. The van der Waals surface area contributed by atoms with Crippen LogP contribution in [0.15, 0.2) is 91.0 Å². The molecule has 6 heteroatoms. The highest BCUT2D eigenvalue weighted by molar-refractivity contribution is 6.23. The fourth-order valence-corrected chi connectivity index (χ4v) is 6.49. The van der Waals surface area contributed by atoms with Crippen molar-refractivity contribution < 1.29 is 23.9 Å². The van der Waals surface area contributed by atoms with Crippen LogP contribution in [0.4, 0.5) is 5.69 Å². The number of rotatable bonds is 6.